The molecule has 1 aliphatic heterocycles. The van der Waals surface area contributed by atoms with Crippen LogP contribution in [0.1, 0.15) is 48.2 Å². The van der Waals surface area contributed by atoms with Gasteiger partial charge in [-0.2, -0.15) is 0 Å². The summed E-state index contributed by atoms with van der Waals surface area (Å²) >= 11 is 0. The monoisotopic (exact) mass is 359 g/mol. The van der Waals surface area contributed by atoms with Crippen LogP contribution in [0.15, 0.2) is 35.4 Å². The molecule has 7 heteroatoms. The molecule has 2 aromatic rings. The van der Waals surface area contributed by atoms with Crippen LogP contribution in [0, 0.1) is 0 Å². The summed E-state index contributed by atoms with van der Waals surface area (Å²) in [5, 5.41) is 0. The molecule has 3 rings (SSSR count). The van der Waals surface area contributed by atoms with E-state index in [1.807, 2.05) is 0 Å². The first-order valence-electron chi connectivity index (χ1n) is 8.00. The molecule has 1 aromatic heterocycles. The summed E-state index contributed by atoms with van der Waals surface area (Å²) in [6.45, 7) is 7.06. The van der Waals surface area contributed by atoms with Crippen molar-refractivity contribution in [3.63, 3.8) is 0 Å². The summed E-state index contributed by atoms with van der Waals surface area (Å²) in [6.07, 6.45) is 2.94. The SMILES string of the molecule is CC(C)(C)c1ncc2c(n1)CN(C(=O)c1ccc(S(C)(=O)=O)cc1)C2. The highest BCUT2D eigenvalue weighted by Gasteiger charge is 2.28. The topological polar surface area (TPSA) is 80.2 Å². The van der Waals surface area contributed by atoms with E-state index < -0.39 is 9.84 Å². The molecule has 1 aromatic carbocycles. The van der Waals surface area contributed by atoms with Crippen LogP contribution in [0.3, 0.4) is 0 Å². The lowest BCUT2D eigenvalue weighted by molar-refractivity contribution is 0.0750. The van der Waals surface area contributed by atoms with Gasteiger partial charge in [-0.3, -0.25) is 4.79 Å². The lowest BCUT2D eigenvalue weighted by Gasteiger charge is -2.16. The Morgan fingerprint density at radius 2 is 1.76 bits per heavy atom. The normalized spacial score (nSPS) is 14.5. The maximum absolute atomic E-state index is 12.7. The van der Waals surface area contributed by atoms with Gasteiger partial charge in [-0.15, -0.1) is 0 Å². The summed E-state index contributed by atoms with van der Waals surface area (Å²) < 4.78 is 23.0. The minimum atomic E-state index is -3.27. The number of hydrogen-bond donors (Lipinski definition) is 0. The van der Waals surface area contributed by atoms with Gasteiger partial charge in [-0.05, 0) is 24.3 Å². The molecule has 0 bridgehead atoms. The van der Waals surface area contributed by atoms with Gasteiger partial charge in [0, 0.05) is 35.5 Å². The van der Waals surface area contributed by atoms with Crippen molar-refractivity contribution in [2.24, 2.45) is 0 Å². The molecule has 0 radical (unpaired) electrons. The number of nitrogens with zero attached hydrogens (tertiary/aromatic N) is 3. The van der Waals surface area contributed by atoms with Crippen LogP contribution in [0.25, 0.3) is 0 Å². The maximum Gasteiger partial charge on any atom is 0.254 e. The van der Waals surface area contributed by atoms with Crippen molar-refractivity contribution in [2.45, 2.75) is 44.2 Å². The predicted molar refractivity (Wildman–Crippen MR) is 93.9 cm³/mol. The third-order valence-corrected chi connectivity index (χ3v) is 5.27. The maximum atomic E-state index is 12.7. The summed E-state index contributed by atoms with van der Waals surface area (Å²) in [5.74, 6) is 0.619. The molecule has 0 aliphatic carbocycles. The van der Waals surface area contributed by atoms with Gasteiger partial charge in [-0.25, -0.2) is 18.4 Å². The molecule has 0 atom stereocenters. The molecule has 2 heterocycles. The van der Waals surface area contributed by atoms with Gasteiger partial charge < -0.3 is 4.90 Å². The Hall–Kier alpha value is -2.28. The molecule has 0 saturated heterocycles. The molecule has 0 spiro atoms. The van der Waals surface area contributed by atoms with E-state index in [0.717, 1.165) is 23.3 Å². The van der Waals surface area contributed by atoms with Gasteiger partial charge in [-0.1, -0.05) is 20.8 Å². The van der Waals surface area contributed by atoms with E-state index in [-0.39, 0.29) is 16.2 Å². The number of amides is 1. The Morgan fingerprint density at radius 3 is 2.32 bits per heavy atom. The zero-order valence-electron chi connectivity index (χ0n) is 14.8. The molecule has 6 nitrogen and oxygen atoms in total. The van der Waals surface area contributed by atoms with Crippen LogP contribution >= 0.6 is 0 Å². The van der Waals surface area contributed by atoms with E-state index in [1.165, 1.54) is 12.1 Å². The van der Waals surface area contributed by atoms with Crippen molar-refractivity contribution in [2.75, 3.05) is 6.26 Å². The highest BCUT2D eigenvalue weighted by atomic mass is 32.2. The zero-order chi connectivity index (χ0) is 18.4. The van der Waals surface area contributed by atoms with E-state index in [4.69, 9.17) is 0 Å². The summed E-state index contributed by atoms with van der Waals surface area (Å²) in [5.41, 5.74) is 2.15. The van der Waals surface area contributed by atoms with Gasteiger partial charge in [0.25, 0.3) is 5.91 Å². The average Bonchev–Trinajstić information content (AvgIpc) is 2.95. The van der Waals surface area contributed by atoms with Crippen LogP contribution in [0.4, 0.5) is 0 Å². The lowest BCUT2D eigenvalue weighted by atomic mass is 9.95. The minimum Gasteiger partial charge on any atom is -0.328 e. The molecular formula is C18H21N3O3S. The quantitative estimate of drug-likeness (QED) is 0.822. The molecule has 1 aliphatic rings. The largest absolute Gasteiger partial charge is 0.328 e. The summed E-state index contributed by atoms with van der Waals surface area (Å²) in [7, 11) is -3.27. The highest BCUT2D eigenvalue weighted by Crippen LogP contribution is 2.26. The highest BCUT2D eigenvalue weighted by molar-refractivity contribution is 7.90. The number of rotatable bonds is 2. The lowest BCUT2D eigenvalue weighted by Crippen LogP contribution is -2.25. The van der Waals surface area contributed by atoms with Crippen LogP contribution in [-0.4, -0.2) is 35.4 Å². The van der Waals surface area contributed by atoms with E-state index in [9.17, 15) is 13.2 Å². The van der Waals surface area contributed by atoms with Gasteiger partial charge in [0.1, 0.15) is 5.82 Å². The number of sulfone groups is 1. The molecule has 1 amide bonds. The Kier molecular flexibility index (Phi) is 4.15. The minimum absolute atomic E-state index is 0.143. The number of fused-ring (bicyclic) bond motifs is 1. The van der Waals surface area contributed by atoms with Gasteiger partial charge >= 0.3 is 0 Å². The number of carbonyl (C=O) groups excluding carboxylic acids is 1. The Labute approximate surface area is 147 Å². The second-order valence-electron chi connectivity index (χ2n) is 7.37. The molecule has 132 valence electrons. The van der Waals surface area contributed by atoms with Crippen molar-refractivity contribution in [1.82, 2.24) is 14.9 Å². The first kappa shape index (κ1) is 17.5. The van der Waals surface area contributed by atoms with E-state index >= 15 is 0 Å². The molecule has 25 heavy (non-hydrogen) atoms. The third kappa shape index (κ3) is 3.56. The van der Waals surface area contributed by atoms with Crippen LogP contribution < -0.4 is 0 Å². The number of carbonyl (C=O) groups is 1. The third-order valence-electron chi connectivity index (χ3n) is 4.14. The van der Waals surface area contributed by atoms with Gasteiger partial charge in [0.2, 0.25) is 0 Å². The van der Waals surface area contributed by atoms with Crippen molar-refractivity contribution < 1.29 is 13.2 Å². The van der Waals surface area contributed by atoms with Gasteiger partial charge in [0.15, 0.2) is 9.84 Å². The fourth-order valence-corrected chi connectivity index (χ4v) is 3.32. The molecule has 0 N–H and O–H groups in total. The second-order valence-corrected chi connectivity index (χ2v) is 9.39. The van der Waals surface area contributed by atoms with Crippen molar-refractivity contribution in [3.05, 3.63) is 53.1 Å². The Balaban J connectivity index is 1.81. The number of hydrogen-bond acceptors (Lipinski definition) is 5. The molecule has 0 saturated carbocycles. The first-order valence-corrected chi connectivity index (χ1v) is 9.89. The van der Waals surface area contributed by atoms with Crippen LogP contribution in [0.5, 0.6) is 0 Å². The van der Waals surface area contributed by atoms with Crippen molar-refractivity contribution >= 4 is 15.7 Å². The smallest absolute Gasteiger partial charge is 0.254 e. The molecule has 0 unspecified atom stereocenters. The van der Waals surface area contributed by atoms with Gasteiger partial charge in [0.05, 0.1) is 17.1 Å². The first-order chi connectivity index (χ1) is 11.6. The summed E-state index contributed by atoms with van der Waals surface area (Å²) in [4.78, 5) is 23.6. The predicted octanol–water partition coefficient (Wildman–Crippen LogP) is 2.33. The van der Waals surface area contributed by atoms with E-state index in [0.29, 0.717) is 18.7 Å². The number of benzene rings is 1. The Bertz CT molecular complexity index is 929. The zero-order valence-corrected chi connectivity index (χ0v) is 15.6. The van der Waals surface area contributed by atoms with Crippen molar-refractivity contribution in [1.29, 1.82) is 0 Å². The van der Waals surface area contributed by atoms with E-state index in [1.54, 1.807) is 23.2 Å². The Morgan fingerprint density at radius 1 is 1.12 bits per heavy atom. The number of aromatic nitrogens is 2. The second kappa shape index (κ2) is 5.91. The summed E-state index contributed by atoms with van der Waals surface area (Å²) in [6, 6.07) is 6.02. The standard InChI is InChI=1S/C18H21N3O3S/c1-18(2,3)17-19-9-13-10-21(11-15(13)20-17)16(22)12-5-7-14(8-6-12)25(4,23)24/h5-9H,10-11H2,1-4H3. The van der Waals surface area contributed by atoms with Crippen LogP contribution in [0.2, 0.25) is 0 Å². The fourth-order valence-electron chi connectivity index (χ4n) is 2.69. The average molecular weight is 359 g/mol. The molecule has 0 fully saturated rings. The molecular weight excluding hydrogens is 338 g/mol. The van der Waals surface area contributed by atoms with E-state index in [2.05, 4.69) is 30.7 Å². The fraction of sp³-hybridized carbons (Fsp3) is 0.389. The van der Waals surface area contributed by atoms with Crippen molar-refractivity contribution in [3.8, 4) is 0 Å². The van der Waals surface area contributed by atoms with Crippen LogP contribution in [-0.2, 0) is 28.3 Å².